The fraction of sp³-hybridized carbons (Fsp3) is 0.208. The topological polar surface area (TPSA) is 101 Å². The molecule has 0 spiro atoms. The van der Waals surface area contributed by atoms with Crippen molar-refractivity contribution < 1.29 is 9.59 Å². The SMILES string of the molecule is Cc1ccc(-c2cn3nc(NC(=O)c4ncccc4Cl)ccc3n2)cc1NC(=O)C(C)(C)C. The van der Waals surface area contributed by atoms with Crippen LogP contribution in [0.5, 0.6) is 0 Å². The number of fused-ring (bicyclic) bond motifs is 1. The van der Waals surface area contributed by atoms with Crippen molar-refractivity contribution in [1.82, 2.24) is 19.6 Å². The number of benzene rings is 1. The summed E-state index contributed by atoms with van der Waals surface area (Å²) in [5.41, 5.74) is 3.44. The Labute approximate surface area is 196 Å². The quantitative estimate of drug-likeness (QED) is 0.445. The Balaban J connectivity index is 1.60. The minimum absolute atomic E-state index is 0.0622. The Hall–Kier alpha value is -3.78. The van der Waals surface area contributed by atoms with E-state index in [1.54, 1.807) is 35.0 Å². The minimum atomic E-state index is -0.504. The molecule has 0 bridgehead atoms. The lowest BCUT2D eigenvalue weighted by Crippen LogP contribution is -2.27. The van der Waals surface area contributed by atoms with Crippen molar-refractivity contribution >= 4 is 40.6 Å². The molecule has 0 aliphatic carbocycles. The highest BCUT2D eigenvalue weighted by molar-refractivity contribution is 6.34. The van der Waals surface area contributed by atoms with Crippen LogP contribution in [0.25, 0.3) is 16.9 Å². The summed E-state index contributed by atoms with van der Waals surface area (Å²) in [7, 11) is 0. The van der Waals surface area contributed by atoms with Gasteiger partial charge in [-0.3, -0.25) is 9.59 Å². The normalized spacial score (nSPS) is 11.4. The molecule has 0 aliphatic heterocycles. The van der Waals surface area contributed by atoms with Gasteiger partial charge in [0, 0.05) is 22.9 Å². The zero-order chi connectivity index (χ0) is 23.8. The number of anilines is 2. The van der Waals surface area contributed by atoms with Crippen LogP contribution in [0.15, 0.2) is 54.9 Å². The molecule has 2 N–H and O–H groups in total. The summed E-state index contributed by atoms with van der Waals surface area (Å²) in [6.07, 6.45) is 3.26. The largest absolute Gasteiger partial charge is 0.325 e. The second-order valence-electron chi connectivity index (χ2n) is 8.67. The van der Waals surface area contributed by atoms with Gasteiger partial charge in [-0.25, -0.2) is 14.5 Å². The van der Waals surface area contributed by atoms with Gasteiger partial charge in [0.1, 0.15) is 5.69 Å². The number of amides is 2. The Morgan fingerprint density at radius 1 is 1.06 bits per heavy atom. The third-order valence-corrected chi connectivity index (χ3v) is 5.30. The first kappa shape index (κ1) is 22.4. The minimum Gasteiger partial charge on any atom is -0.325 e. The average molecular weight is 463 g/mol. The molecule has 1 aromatic carbocycles. The number of hydrogen-bond donors (Lipinski definition) is 2. The average Bonchev–Trinajstić information content (AvgIpc) is 3.18. The molecule has 4 rings (SSSR count). The van der Waals surface area contributed by atoms with Crippen LogP contribution in [0.2, 0.25) is 5.02 Å². The maximum Gasteiger partial charge on any atom is 0.277 e. The zero-order valence-electron chi connectivity index (χ0n) is 18.7. The number of pyridine rings is 1. The van der Waals surface area contributed by atoms with Crippen LogP contribution in [0.4, 0.5) is 11.5 Å². The number of carbonyl (C=O) groups excluding carboxylic acids is 2. The van der Waals surface area contributed by atoms with E-state index in [4.69, 9.17) is 11.6 Å². The Morgan fingerprint density at radius 3 is 2.58 bits per heavy atom. The molecule has 3 heterocycles. The van der Waals surface area contributed by atoms with Crippen LogP contribution < -0.4 is 10.6 Å². The molecule has 0 saturated heterocycles. The highest BCUT2D eigenvalue weighted by atomic mass is 35.5. The first-order chi connectivity index (χ1) is 15.6. The van der Waals surface area contributed by atoms with Gasteiger partial charge in [-0.15, -0.1) is 5.10 Å². The van der Waals surface area contributed by atoms with Crippen LogP contribution in [0.3, 0.4) is 0 Å². The molecule has 0 radical (unpaired) electrons. The summed E-state index contributed by atoms with van der Waals surface area (Å²) in [5, 5.41) is 10.4. The standard InChI is InChI=1S/C24H23ClN6O2/c1-14-7-8-15(12-17(14)28-23(33)24(2,3)4)18-13-31-20(27-18)10-9-19(30-31)29-22(32)21-16(25)6-5-11-26-21/h5-13H,1-4H3,(H,28,33)(H,29,30,32). The zero-order valence-corrected chi connectivity index (χ0v) is 19.4. The van der Waals surface area contributed by atoms with Gasteiger partial charge in [-0.05, 0) is 42.8 Å². The number of nitrogens with zero attached hydrogens (tertiary/aromatic N) is 4. The van der Waals surface area contributed by atoms with E-state index in [1.807, 2.05) is 45.9 Å². The van der Waals surface area contributed by atoms with E-state index in [9.17, 15) is 9.59 Å². The second-order valence-corrected chi connectivity index (χ2v) is 9.08. The number of carbonyl (C=O) groups is 2. The number of rotatable bonds is 4. The van der Waals surface area contributed by atoms with Gasteiger partial charge >= 0.3 is 0 Å². The van der Waals surface area contributed by atoms with Crippen molar-refractivity contribution in [3.05, 3.63) is 71.1 Å². The second kappa shape index (κ2) is 8.63. The fourth-order valence-corrected chi connectivity index (χ4v) is 3.25. The molecule has 0 saturated carbocycles. The van der Waals surface area contributed by atoms with Crippen LogP contribution in [-0.4, -0.2) is 31.4 Å². The van der Waals surface area contributed by atoms with E-state index in [1.165, 1.54) is 6.20 Å². The van der Waals surface area contributed by atoms with Gasteiger partial charge in [0.15, 0.2) is 11.5 Å². The lowest BCUT2D eigenvalue weighted by molar-refractivity contribution is -0.123. The fourth-order valence-electron chi connectivity index (χ4n) is 3.04. The first-order valence-corrected chi connectivity index (χ1v) is 10.7. The lowest BCUT2D eigenvalue weighted by Gasteiger charge is -2.19. The van der Waals surface area contributed by atoms with Crippen LogP contribution in [0, 0.1) is 12.3 Å². The molecule has 2 amide bonds. The third-order valence-electron chi connectivity index (χ3n) is 5.00. The van der Waals surface area contributed by atoms with E-state index in [0.29, 0.717) is 17.2 Å². The molecular formula is C24H23ClN6O2. The number of nitrogens with one attached hydrogen (secondary N) is 2. The molecule has 9 heteroatoms. The van der Waals surface area contributed by atoms with Gasteiger partial charge in [-0.1, -0.05) is 44.5 Å². The number of hydrogen-bond acceptors (Lipinski definition) is 5. The Bertz CT molecular complexity index is 1370. The van der Waals surface area contributed by atoms with Crippen LogP contribution >= 0.6 is 11.6 Å². The smallest absolute Gasteiger partial charge is 0.277 e. The Morgan fingerprint density at radius 2 is 1.85 bits per heavy atom. The molecule has 0 fully saturated rings. The lowest BCUT2D eigenvalue weighted by atomic mass is 9.95. The van der Waals surface area contributed by atoms with Gasteiger partial charge < -0.3 is 10.6 Å². The summed E-state index contributed by atoms with van der Waals surface area (Å²) in [5.74, 6) is -0.182. The summed E-state index contributed by atoms with van der Waals surface area (Å²) >= 11 is 6.05. The van der Waals surface area contributed by atoms with E-state index >= 15 is 0 Å². The molecule has 33 heavy (non-hydrogen) atoms. The highest BCUT2D eigenvalue weighted by Gasteiger charge is 2.22. The summed E-state index contributed by atoms with van der Waals surface area (Å²) in [6, 6.07) is 12.4. The van der Waals surface area contributed by atoms with Crippen molar-refractivity contribution in [3.63, 3.8) is 0 Å². The van der Waals surface area contributed by atoms with Gasteiger partial charge in [0.05, 0.1) is 16.9 Å². The van der Waals surface area contributed by atoms with E-state index < -0.39 is 11.3 Å². The summed E-state index contributed by atoms with van der Waals surface area (Å²) in [6.45, 7) is 7.55. The van der Waals surface area contributed by atoms with E-state index in [-0.39, 0.29) is 16.6 Å². The Kier molecular flexibility index (Phi) is 5.86. The summed E-state index contributed by atoms with van der Waals surface area (Å²) < 4.78 is 1.58. The number of aryl methyl sites for hydroxylation is 1. The molecule has 4 aromatic rings. The molecule has 0 unspecified atom stereocenters. The number of aromatic nitrogens is 4. The number of imidazole rings is 1. The van der Waals surface area contributed by atoms with Crippen LogP contribution in [-0.2, 0) is 4.79 Å². The van der Waals surface area contributed by atoms with Crippen molar-refractivity contribution in [2.45, 2.75) is 27.7 Å². The van der Waals surface area contributed by atoms with Gasteiger partial charge in [0.25, 0.3) is 5.91 Å². The van der Waals surface area contributed by atoms with Gasteiger partial charge in [-0.2, -0.15) is 0 Å². The van der Waals surface area contributed by atoms with Crippen LogP contribution in [0.1, 0.15) is 36.8 Å². The molecule has 8 nitrogen and oxygen atoms in total. The van der Waals surface area contributed by atoms with Gasteiger partial charge in [0.2, 0.25) is 5.91 Å². The third kappa shape index (κ3) is 4.85. The molecular weight excluding hydrogens is 440 g/mol. The molecule has 0 aliphatic rings. The summed E-state index contributed by atoms with van der Waals surface area (Å²) in [4.78, 5) is 33.5. The maximum atomic E-state index is 12.5. The first-order valence-electron chi connectivity index (χ1n) is 10.3. The molecule has 3 aromatic heterocycles. The van der Waals surface area contributed by atoms with Crippen molar-refractivity contribution in [2.24, 2.45) is 5.41 Å². The predicted molar refractivity (Wildman–Crippen MR) is 128 cm³/mol. The highest BCUT2D eigenvalue weighted by Crippen LogP contribution is 2.27. The molecule has 0 atom stereocenters. The monoisotopic (exact) mass is 462 g/mol. The number of halogens is 1. The molecule has 168 valence electrons. The van der Waals surface area contributed by atoms with E-state index in [2.05, 4.69) is 25.7 Å². The van der Waals surface area contributed by atoms with E-state index in [0.717, 1.165) is 16.8 Å². The maximum absolute atomic E-state index is 12.5. The predicted octanol–water partition coefficient (Wildman–Crippen LogP) is 4.99. The van der Waals surface area contributed by atoms with Crippen molar-refractivity contribution in [3.8, 4) is 11.3 Å². The van der Waals surface area contributed by atoms with Crippen molar-refractivity contribution in [1.29, 1.82) is 0 Å². The van der Waals surface area contributed by atoms with Crippen molar-refractivity contribution in [2.75, 3.05) is 10.6 Å².